The Morgan fingerprint density at radius 3 is 2.24 bits per heavy atom. The van der Waals surface area contributed by atoms with Crippen molar-refractivity contribution in [3.63, 3.8) is 0 Å². The van der Waals surface area contributed by atoms with Gasteiger partial charge in [-0.25, -0.2) is 0 Å². The van der Waals surface area contributed by atoms with E-state index in [2.05, 4.69) is 93.5 Å². The van der Waals surface area contributed by atoms with Crippen LogP contribution in [0, 0.1) is 0 Å². The first-order valence-corrected chi connectivity index (χ1v) is 8.81. The lowest BCUT2D eigenvalue weighted by Gasteiger charge is -2.19. The van der Waals surface area contributed by atoms with Gasteiger partial charge in [0.15, 0.2) is 0 Å². The molecule has 0 spiro atoms. The summed E-state index contributed by atoms with van der Waals surface area (Å²) < 4.78 is 2.25. The molecule has 1 atom stereocenters. The molecule has 3 heteroatoms. The Hall–Kier alpha value is -0.640. The van der Waals surface area contributed by atoms with Crippen LogP contribution in [0.15, 0.2) is 51.4 Å². The Morgan fingerprint density at radius 1 is 1.00 bits per heavy atom. The fourth-order valence-corrected chi connectivity index (χ4v) is 3.33. The molecular weight excluding hydrogens is 390 g/mol. The van der Waals surface area contributed by atoms with Crippen molar-refractivity contribution in [3.8, 4) is 0 Å². The van der Waals surface area contributed by atoms with Crippen molar-refractivity contribution in [3.05, 3.63) is 68.1 Å². The van der Waals surface area contributed by atoms with Gasteiger partial charge >= 0.3 is 0 Å². The molecule has 0 amide bonds. The smallest absolute Gasteiger partial charge is 0.0370 e. The summed E-state index contributed by atoms with van der Waals surface area (Å²) >= 11 is 7.21. The zero-order chi connectivity index (χ0) is 15.4. The van der Waals surface area contributed by atoms with Gasteiger partial charge in [0.1, 0.15) is 0 Å². The highest BCUT2D eigenvalue weighted by atomic mass is 79.9. The zero-order valence-electron chi connectivity index (χ0n) is 12.7. The minimum atomic E-state index is 0.293. The molecule has 1 unspecified atom stereocenters. The lowest BCUT2D eigenvalue weighted by Crippen LogP contribution is -2.19. The molecule has 2 aromatic rings. The summed E-state index contributed by atoms with van der Waals surface area (Å²) in [6.07, 6.45) is 0.976. The number of likely N-dealkylation sites (N-methyl/N-ethyl adjacent to an activating group) is 1. The van der Waals surface area contributed by atoms with E-state index >= 15 is 0 Å². The second kappa shape index (κ2) is 7.57. The first-order chi connectivity index (χ1) is 10.0. The highest BCUT2D eigenvalue weighted by Gasteiger charge is 2.14. The third-order valence-corrected chi connectivity index (χ3v) is 4.98. The summed E-state index contributed by atoms with van der Waals surface area (Å²) in [6.45, 7) is 4.45. The predicted octanol–water partition coefficient (Wildman–Crippen LogP) is 5.84. The normalized spacial score (nSPS) is 12.7. The highest BCUT2D eigenvalue weighted by Crippen LogP contribution is 2.29. The van der Waals surface area contributed by atoms with Gasteiger partial charge in [0.2, 0.25) is 0 Å². The maximum Gasteiger partial charge on any atom is 0.0370 e. The number of halogens is 2. The number of hydrogen-bond donors (Lipinski definition) is 1. The Labute approximate surface area is 144 Å². The predicted molar refractivity (Wildman–Crippen MR) is 97.9 cm³/mol. The third-order valence-electron chi connectivity index (χ3n) is 3.77. The second-order valence-electron chi connectivity index (χ2n) is 5.61. The fraction of sp³-hybridized carbons (Fsp3) is 0.333. The first-order valence-electron chi connectivity index (χ1n) is 7.22. The van der Waals surface area contributed by atoms with Crippen LogP contribution >= 0.6 is 31.9 Å². The van der Waals surface area contributed by atoms with E-state index < -0.39 is 0 Å². The summed E-state index contributed by atoms with van der Waals surface area (Å²) in [5, 5.41) is 3.42. The van der Waals surface area contributed by atoms with Gasteiger partial charge in [-0.2, -0.15) is 0 Å². The van der Waals surface area contributed by atoms with Crippen LogP contribution in [-0.4, -0.2) is 7.05 Å². The summed E-state index contributed by atoms with van der Waals surface area (Å²) in [6, 6.07) is 15.6. The number of benzene rings is 2. The molecule has 0 fully saturated rings. The van der Waals surface area contributed by atoms with Crippen molar-refractivity contribution in [2.24, 2.45) is 0 Å². The number of hydrogen-bond acceptors (Lipinski definition) is 1. The summed E-state index contributed by atoms with van der Waals surface area (Å²) in [5.74, 6) is 0.582. The average Bonchev–Trinajstić information content (AvgIpc) is 2.48. The summed E-state index contributed by atoms with van der Waals surface area (Å²) in [5.41, 5.74) is 4.02. The zero-order valence-corrected chi connectivity index (χ0v) is 15.8. The van der Waals surface area contributed by atoms with Crippen LogP contribution in [-0.2, 0) is 6.42 Å². The molecule has 0 aliphatic carbocycles. The molecule has 21 heavy (non-hydrogen) atoms. The molecule has 0 aliphatic rings. The van der Waals surface area contributed by atoms with Gasteiger partial charge in [-0.05, 0) is 54.3 Å². The fourth-order valence-electron chi connectivity index (χ4n) is 2.42. The van der Waals surface area contributed by atoms with Gasteiger partial charge < -0.3 is 5.32 Å². The van der Waals surface area contributed by atoms with Crippen LogP contribution in [0.1, 0.15) is 42.5 Å². The SMILES string of the molecule is CNC(Cc1ccc(C(C)C)cc1)c1cc(Br)ccc1Br. The maximum atomic E-state index is 3.66. The molecule has 0 saturated carbocycles. The van der Waals surface area contributed by atoms with Gasteiger partial charge in [-0.1, -0.05) is 70.0 Å². The molecular formula is C18H21Br2N. The van der Waals surface area contributed by atoms with Gasteiger partial charge in [-0.15, -0.1) is 0 Å². The Morgan fingerprint density at radius 2 is 1.67 bits per heavy atom. The van der Waals surface area contributed by atoms with Crippen molar-refractivity contribution in [1.82, 2.24) is 5.32 Å². The van der Waals surface area contributed by atoms with E-state index in [1.165, 1.54) is 16.7 Å². The Bertz CT molecular complexity index is 591. The van der Waals surface area contributed by atoms with E-state index in [0.717, 1.165) is 15.4 Å². The van der Waals surface area contributed by atoms with Crippen LogP contribution in [0.4, 0.5) is 0 Å². The standard InChI is InChI=1S/C18H21Br2N/c1-12(2)14-6-4-13(5-7-14)10-18(21-3)16-11-15(19)8-9-17(16)20/h4-9,11-12,18,21H,10H2,1-3H3. The molecule has 0 heterocycles. The second-order valence-corrected chi connectivity index (χ2v) is 7.38. The largest absolute Gasteiger partial charge is 0.313 e. The van der Waals surface area contributed by atoms with Crippen molar-refractivity contribution < 1.29 is 0 Å². The topological polar surface area (TPSA) is 12.0 Å². The van der Waals surface area contributed by atoms with E-state index in [4.69, 9.17) is 0 Å². The maximum absolute atomic E-state index is 3.66. The lowest BCUT2D eigenvalue weighted by molar-refractivity contribution is 0.589. The van der Waals surface area contributed by atoms with E-state index in [1.807, 2.05) is 7.05 Å². The molecule has 0 bridgehead atoms. The molecule has 1 N–H and O–H groups in total. The van der Waals surface area contributed by atoms with Gasteiger partial charge in [0.25, 0.3) is 0 Å². The molecule has 2 rings (SSSR count). The molecule has 2 aromatic carbocycles. The summed E-state index contributed by atoms with van der Waals surface area (Å²) in [4.78, 5) is 0. The van der Waals surface area contributed by atoms with Crippen LogP contribution in [0.3, 0.4) is 0 Å². The molecule has 0 saturated heterocycles. The summed E-state index contributed by atoms with van der Waals surface area (Å²) in [7, 11) is 2.01. The quantitative estimate of drug-likeness (QED) is 0.652. The molecule has 0 radical (unpaired) electrons. The highest BCUT2D eigenvalue weighted by molar-refractivity contribution is 9.11. The Kier molecular flexibility index (Phi) is 6.03. The van der Waals surface area contributed by atoms with Crippen LogP contribution in [0.25, 0.3) is 0 Å². The molecule has 112 valence electrons. The van der Waals surface area contributed by atoms with Crippen LogP contribution < -0.4 is 5.32 Å². The monoisotopic (exact) mass is 409 g/mol. The lowest BCUT2D eigenvalue weighted by atomic mass is 9.96. The van der Waals surface area contributed by atoms with Crippen LogP contribution in [0.5, 0.6) is 0 Å². The van der Waals surface area contributed by atoms with Crippen molar-refractivity contribution in [2.75, 3.05) is 7.05 Å². The van der Waals surface area contributed by atoms with Crippen molar-refractivity contribution >= 4 is 31.9 Å². The van der Waals surface area contributed by atoms with Crippen molar-refractivity contribution in [2.45, 2.75) is 32.2 Å². The van der Waals surface area contributed by atoms with Crippen LogP contribution in [0.2, 0.25) is 0 Å². The van der Waals surface area contributed by atoms with Gasteiger partial charge in [0.05, 0.1) is 0 Å². The van der Waals surface area contributed by atoms with E-state index in [-0.39, 0.29) is 0 Å². The minimum absolute atomic E-state index is 0.293. The Balaban J connectivity index is 2.20. The van der Waals surface area contributed by atoms with E-state index in [0.29, 0.717) is 12.0 Å². The third kappa shape index (κ3) is 4.41. The minimum Gasteiger partial charge on any atom is -0.313 e. The molecule has 0 aromatic heterocycles. The van der Waals surface area contributed by atoms with E-state index in [1.54, 1.807) is 0 Å². The van der Waals surface area contributed by atoms with Gasteiger partial charge in [0, 0.05) is 15.0 Å². The van der Waals surface area contributed by atoms with E-state index in [9.17, 15) is 0 Å². The molecule has 0 aliphatic heterocycles. The van der Waals surface area contributed by atoms with Gasteiger partial charge in [-0.3, -0.25) is 0 Å². The molecule has 1 nitrogen and oxygen atoms in total. The number of nitrogens with one attached hydrogen (secondary N) is 1. The average molecular weight is 411 g/mol. The first kappa shape index (κ1) is 16.7. The number of rotatable bonds is 5. The van der Waals surface area contributed by atoms with Crippen molar-refractivity contribution in [1.29, 1.82) is 0 Å².